The lowest BCUT2D eigenvalue weighted by Gasteiger charge is -2.20. The van der Waals surface area contributed by atoms with Crippen molar-refractivity contribution in [1.29, 1.82) is 0 Å². The maximum Gasteiger partial charge on any atom is 0.248 e. The van der Waals surface area contributed by atoms with Crippen LogP contribution in [-0.2, 0) is 0 Å². The van der Waals surface area contributed by atoms with Crippen LogP contribution in [0, 0.1) is 0 Å². The van der Waals surface area contributed by atoms with E-state index in [-0.39, 0.29) is 5.92 Å². The molecular formula is C60H40N6O2. The lowest BCUT2D eigenvalue weighted by molar-refractivity contribution is 0.584. The van der Waals surface area contributed by atoms with Crippen molar-refractivity contribution in [2.75, 3.05) is 0 Å². The Morgan fingerprint density at radius 2 is 0.662 bits per heavy atom. The average molecular weight is 877 g/mol. The van der Waals surface area contributed by atoms with E-state index in [1.165, 1.54) is 11.1 Å². The van der Waals surface area contributed by atoms with Gasteiger partial charge in [-0.25, -0.2) is 9.97 Å². The first kappa shape index (κ1) is 40.4. The number of fused-ring (bicyclic) bond motifs is 1. The van der Waals surface area contributed by atoms with Crippen LogP contribution in [-0.4, -0.2) is 30.4 Å². The maximum absolute atomic E-state index is 5.97. The molecule has 1 aliphatic rings. The fourth-order valence-electron chi connectivity index (χ4n) is 8.74. The van der Waals surface area contributed by atoms with Crippen LogP contribution in [0.15, 0.2) is 233 Å². The van der Waals surface area contributed by atoms with E-state index in [0.717, 1.165) is 90.0 Å². The van der Waals surface area contributed by atoms with Gasteiger partial charge in [0, 0.05) is 33.7 Å². The molecule has 0 saturated heterocycles. The molecule has 1 unspecified atom stereocenters. The van der Waals surface area contributed by atoms with E-state index in [0.29, 0.717) is 23.6 Å². The molecule has 8 aromatic carbocycles. The third-order valence-electron chi connectivity index (χ3n) is 12.5. The number of hydrogen-bond acceptors (Lipinski definition) is 8. The van der Waals surface area contributed by atoms with Gasteiger partial charge in [0.05, 0.1) is 22.4 Å². The first-order chi connectivity index (χ1) is 33.6. The second-order valence-electron chi connectivity index (χ2n) is 16.8. The molecule has 0 N–H and O–H groups in total. The third kappa shape index (κ3) is 8.12. The second kappa shape index (κ2) is 17.7. The zero-order valence-corrected chi connectivity index (χ0v) is 36.6. The average Bonchev–Trinajstić information content (AvgIpc) is 4.14. The van der Waals surface area contributed by atoms with Crippen LogP contribution < -0.4 is 0 Å². The van der Waals surface area contributed by atoms with Crippen LogP contribution in [0.25, 0.3) is 107 Å². The highest BCUT2D eigenvalue weighted by atomic mass is 16.4. The number of hydrogen-bond donors (Lipinski definition) is 0. The summed E-state index contributed by atoms with van der Waals surface area (Å²) in [5.74, 6) is 2.09. The van der Waals surface area contributed by atoms with E-state index in [9.17, 15) is 0 Å². The lowest BCUT2D eigenvalue weighted by Crippen LogP contribution is -2.06. The molecule has 68 heavy (non-hydrogen) atoms. The Balaban J connectivity index is 0.729. The number of para-hydroxylation sites is 2. The molecule has 0 saturated carbocycles. The Bertz CT molecular complexity index is 3600. The maximum atomic E-state index is 5.97. The van der Waals surface area contributed by atoms with E-state index < -0.39 is 0 Å². The summed E-state index contributed by atoms with van der Waals surface area (Å²) in [6, 6.07) is 70.3. The Labute approximate surface area is 392 Å². The topological polar surface area (TPSA) is 104 Å². The van der Waals surface area contributed by atoms with Gasteiger partial charge in [-0.2, -0.15) is 0 Å². The van der Waals surface area contributed by atoms with Gasteiger partial charge < -0.3 is 8.83 Å². The number of nitrogens with zero attached hydrogens (tertiary/aromatic N) is 6. The largest absolute Gasteiger partial charge is 0.416 e. The summed E-state index contributed by atoms with van der Waals surface area (Å²) in [4.78, 5) is 10.5. The van der Waals surface area contributed by atoms with Gasteiger partial charge in [-0.15, -0.1) is 20.4 Å². The van der Waals surface area contributed by atoms with Crippen molar-refractivity contribution in [3.63, 3.8) is 0 Å². The number of aromatic nitrogens is 6. The van der Waals surface area contributed by atoms with Gasteiger partial charge >= 0.3 is 0 Å². The second-order valence-corrected chi connectivity index (χ2v) is 16.8. The fraction of sp³-hybridized carbons (Fsp3) is 0.0333. The zero-order chi connectivity index (χ0) is 45.2. The summed E-state index contributed by atoms with van der Waals surface area (Å²) in [5.41, 5.74) is 17.4. The minimum atomic E-state index is 0.0753. The minimum Gasteiger partial charge on any atom is -0.416 e. The molecule has 0 fully saturated rings. The van der Waals surface area contributed by atoms with Crippen molar-refractivity contribution in [1.82, 2.24) is 30.4 Å². The molecule has 12 rings (SSSR count). The van der Waals surface area contributed by atoms with E-state index in [1.807, 2.05) is 109 Å². The summed E-state index contributed by atoms with van der Waals surface area (Å²) in [6.45, 7) is 0. The molecule has 1 aliphatic carbocycles. The van der Waals surface area contributed by atoms with Crippen LogP contribution in [0.5, 0.6) is 0 Å². The van der Waals surface area contributed by atoms with Gasteiger partial charge in [-0.1, -0.05) is 164 Å². The zero-order valence-electron chi connectivity index (χ0n) is 36.6. The Morgan fingerprint density at radius 1 is 0.324 bits per heavy atom. The summed E-state index contributed by atoms with van der Waals surface area (Å²) in [7, 11) is 0. The van der Waals surface area contributed by atoms with Crippen molar-refractivity contribution in [3.05, 3.63) is 236 Å². The van der Waals surface area contributed by atoms with Crippen LogP contribution in [0.2, 0.25) is 0 Å². The van der Waals surface area contributed by atoms with E-state index >= 15 is 0 Å². The fourth-order valence-corrected chi connectivity index (χ4v) is 8.74. The van der Waals surface area contributed by atoms with Gasteiger partial charge in [0.1, 0.15) is 0 Å². The molecule has 3 heterocycles. The van der Waals surface area contributed by atoms with Crippen LogP contribution >= 0.6 is 0 Å². The molecule has 0 radical (unpaired) electrons. The SMILES string of the molecule is C1=CC(c2nc3ccccc3nc2-c2ccc(-c3ccc(-c4ccc(-c5nnc(-c6ccccc6)o5)cc4)cc3)cc2)CC=C1c1ccc(-c2ccc(-c3nnc(-c4ccccc4)o3)cc2)cc1. The molecule has 0 amide bonds. The van der Waals surface area contributed by atoms with Gasteiger partial charge in [0.15, 0.2) is 0 Å². The van der Waals surface area contributed by atoms with Crippen molar-refractivity contribution in [2.24, 2.45) is 0 Å². The molecule has 11 aromatic rings. The van der Waals surface area contributed by atoms with Gasteiger partial charge in [0.2, 0.25) is 23.6 Å². The highest BCUT2D eigenvalue weighted by Crippen LogP contribution is 2.37. The number of rotatable bonds is 10. The normalized spacial score (nSPS) is 13.4. The Kier molecular flexibility index (Phi) is 10.5. The van der Waals surface area contributed by atoms with Gasteiger partial charge in [0.25, 0.3) is 0 Å². The summed E-state index contributed by atoms with van der Waals surface area (Å²) >= 11 is 0. The Hall–Kier alpha value is -9.14. The summed E-state index contributed by atoms with van der Waals surface area (Å²) in [6.07, 6.45) is 7.64. The highest BCUT2D eigenvalue weighted by Gasteiger charge is 2.21. The highest BCUT2D eigenvalue weighted by molar-refractivity contribution is 5.82. The molecule has 0 bridgehead atoms. The molecule has 8 heteroatoms. The monoisotopic (exact) mass is 876 g/mol. The summed E-state index contributed by atoms with van der Waals surface area (Å²) < 4.78 is 11.9. The van der Waals surface area contributed by atoms with Gasteiger partial charge in [-0.05, 0) is 112 Å². The summed E-state index contributed by atoms with van der Waals surface area (Å²) in [5, 5.41) is 17.0. The first-order valence-electron chi connectivity index (χ1n) is 22.6. The van der Waals surface area contributed by atoms with E-state index in [2.05, 4.69) is 136 Å². The van der Waals surface area contributed by atoms with Crippen molar-refractivity contribution in [3.8, 4) is 90.5 Å². The molecule has 0 spiro atoms. The number of allylic oxidation sites excluding steroid dienone is 4. The molecule has 3 aromatic heterocycles. The lowest BCUT2D eigenvalue weighted by atomic mass is 9.88. The first-order valence-corrected chi connectivity index (χ1v) is 22.6. The molecule has 0 aliphatic heterocycles. The standard InChI is InChI=1S/C60H40N6O2/c1-3-9-49(10-4-1)57-63-65-59(67-57)51-35-27-45(28-36-51)41-19-15-39(16-20-41)43-23-31-47(32-24-43)55-56(62-54-14-8-7-13-53(54)61-55)48-33-25-44(26-34-48)40-17-21-42(22-18-40)46-29-37-52(38-30-46)60-66-64-58(68-60)50-11-5-2-6-12-50/h1-33,35-38,48H,34H2. The van der Waals surface area contributed by atoms with Crippen molar-refractivity contribution in [2.45, 2.75) is 12.3 Å². The van der Waals surface area contributed by atoms with Crippen LogP contribution in [0.1, 0.15) is 23.6 Å². The number of benzene rings is 8. The smallest absolute Gasteiger partial charge is 0.248 e. The van der Waals surface area contributed by atoms with Crippen molar-refractivity contribution < 1.29 is 8.83 Å². The predicted octanol–water partition coefficient (Wildman–Crippen LogP) is 14.9. The quantitative estimate of drug-likeness (QED) is 0.134. The molecule has 322 valence electrons. The molecular weight excluding hydrogens is 837 g/mol. The van der Waals surface area contributed by atoms with Gasteiger partial charge in [-0.3, -0.25) is 0 Å². The van der Waals surface area contributed by atoms with Crippen molar-refractivity contribution >= 4 is 16.6 Å². The van der Waals surface area contributed by atoms with E-state index in [1.54, 1.807) is 0 Å². The minimum absolute atomic E-state index is 0.0753. The van der Waals surface area contributed by atoms with Crippen LogP contribution in [0.3, 0.4) is 0 Å². The third-order valence-corrected chi connectivity index (χ3v) is 12.5. The molecule has 1 atom stereocenters. The van der Waals surface area contributed by atoms with E-state index in [4.69, 9.17) is 18.8 Å². The predicted molar refractivity (Wildman–Crippen MR) is 270 cm³/mol. The molecule has 8 nitrogen and oxygen atoms in total. The Morgan fingerprint density at radius 3 is 1.06 bits per heavy atom. The van der Waals surface area contributed by atoms with Crippen LogP contribution in [0.4, 0.5) is 0 Å².